The van der Waals surface area contributed by atoms with Crippen LogP contribution in [0.25, 0.3) is 0 Å². The molecular weight excluding hydrogens is 202 g/mol. The first-order valence-corrected chi connectivity index (χ1v) is 5.14. The maximum Gasteiger partial charge on any atom is 0.130 e. The maximum atomic E-state index is 9.29. The molecule has 4 heteroatoms. The molecule has 0 amide bonds. The van der Waals surface area contributed by atoms with Crippen molar-refractivity contribution in [2.45, 2.75) is 26.3 Å². The zero-order valence-corrected chi connectivity index (χ0v) is 10.2. The van der Waals surface area contributed by atoms with Gasteiger partial charge in [-0.3, -0.25) is 0 Å². The summed E-state index contributed by atoms with van der Waals surface area (Å²) in [5.74, 6) is 0.704. The molecular formula is C12H17N3O. The molecule has 1 N–H and O–H groups in total. The number of anilines is 1. The number of nitrogens with zero attached hydrogens (tertiary/aromatic N) is 3. The molecule has 1 aromatic rings. The van der Waals surface area contributed by atoms with Crippen molar-refractivity contribution in [3.05, 3.63) is 23.4 Å². The number of aliphatic hydroxyl groups is 1. The van der Waals surface area contributed by atoms with Gasteiger partial charge >= 0.3 is 0 Å². The monoisotopic (exact) mass is 219 g/mol. The highest BCUT2D eigenvalue weighted by atomic mass is 16.3. The Hall–Kier alpha value is -1.60. The van der Waals surface area contributed by atoms with Gasteiger partial charge in [0.2, 0.25) is 0 Å². The molecule has 1 heterocycles. The lowest BCUT2D eigenvalue weighted by Gasteiger charge is -2.35. The Morgan fingerprint density at radius 3 is 2.62 bits per heavy atom. The van der Waals surface area contributed by atoms with Crippen LogP contribution >= 0.6 is 0 Å². The van der Waals surface area contributed by atoms with Crippen molar-refractivity contribution in [1.29, 1.82) is 5.26 Å². The van der Waals surface area contributed by atoms with E-state index < -0.39 is 5.54 Å². The van der Waals surface area contributed by atoms with E-state index in [1.807, 2.05) is 32.7 Å². The van der Waals surface area contributed by atoms with Crippen molar-refractivity contribution in [1.82, 2.24) is 4.98 Å². The summed E-state index contributed by atoms with van der Waals surface area (Å²) in [5, 5.41) is 18.2. The topological polar surface area (TPSA) is 60.2 Å². The van der Waals surface area contributed by atoms with Crippen LogP contribution in [0.3, 0.4) is 0 Å². The number of aliphatic hydroxyl groups excluding tert-OH is 1. The fraction of sp³-hybridized carbons (Fsp3) is 0.500. The zero-order valence-electron chi connectivity index (χ0n) is 10.2. The zero-order chi connectivity index (χ0) is 12.3. The summed E-state index contributed by atoms with van der Waals surface area (Å²) in [4.78, 5) is 6.24. The van der Waals surface area contributed by atoms with Gasteiger partial charge in [-0.25, -0.2) is 4.98 Å². The van der Waals surface area contributed by atoms with Crippen LogP contribution < -0.4 is 4.90 Å². The van der Waals surface area contributed by atoms with Gasteiger partial charge in [-0.1, -0.05) is 0 Å². The van der Waals surface area contributed by atoms with Crippen molar-refractivity contribution in [3.8, 4) is 6.07 Å². The van der Waals surface area contributed by atoms with Gasteiger partial charge in [0.05, 0.1) is 23.8 Å². The van der Waals surface area contributed by atoms with Crippen molar-refractivity contribution < 1.29 is 5.11 Å². The molecule has 86 valence electrons. The van der Waals surface area contributed by atoms with E-state index in [-0.39, 0.29) is 6.61 Å². The van der Waals surface area contributed by atoms with Crippen LogP contribution in [0.5, 0.6) is 0 Å². The molecule has 0 aromatic carbocycles. The van der Waals surface area contributed by atoms with E-state index in [1.54, 1.807) is 12.1 Å². The minimum atomic E-state index is -0.395. The first kappa shape index (κ1) is 12.5. The molecule has 0 saturated heterocycles. The number of likely N-dealkylation sites (N-methyl/N-ethyl adjacent to an activating group) is 1. The van der Waals surface area contributed by atoms with Crippen molar-refractivity contribution in [2.75, 3.05) is 18.6 Å². The maximum absolute atomic E-state index is 9.29. The summed E-state index contributed by atoms with van der Waals surface area (Å²) >= 11 is 0. The Morgan fingerprint density at radius 1 is 1.50 bits per heavy atom. The molecule has 0 spiro atoms. The van der Waals surface area contributed by atoms with Gasteiger partial charge in [-0.05, 0) is 32.9 Å². The third kappa shape index (κ3) is 2.50. The van der Waals surface area contributed by atoms with E-state index in [2.05, 4.69) is 11.1 Å². The van der Waals surface area contributed by atoms with Crippen LogP contribution in [0.2, 0.25) is 0 Å². The number of rotatable bonds is 3. The summed E-state index contributed by atoms with van der Waals surface area (Å²) in [5.41, 5.74) is 0.991. The minimum absolute atomic E-state index is 0.0288. The van der Waals surface area contributed by atoms with Gasteiger partial charge in [0.25, 0.3) is 0 Å². The number of hydrogen-bond acceptors (Lipinski definition) is 4. The van der Waals surface area contributed by atoms with Crippen LogP contribution in [0.15, 0.2) is 12.1 Å². The molecule has 1 rings (SSSR count). The fourth-order valence-electron chi connectivity index (χ4n) is 1.30. The molecule has 16 heavy (non-hydrogen) atoms. The highest BCUT2D eigenvalue weighted by molar-refractivity contribution is 5.47. The quantitative estimate of drug-likeness (QED) is 0.836. The molecule has 0 aliphatic heterocycles. The smallest absolute Gasteiger partial charge is 0.130 e. The van der Waals surface area contributed by atoms with Crippen LogP contribution in [-0.2, 0) is 0 Å². The summed E-state index contributed by atoms with van der Waals surface area (Å²) in [7, 11) is 1.86. The molecule has 1 aromatic heterocycles. The first-order chi connectivity index (χ1) is 7.40. The molecule has 0 aliphatic carbocycles. The van der Waals surface area contributed by atoms with Crippen LogP contribution in [0.1, 0.15) is 25.1 Å². The van der Waals surface area contributed by atoms with Crippen LogP contribution in [-0.4, -0.2) is 29.3 Å². The lowest BCUT2D eigenvalue weighted by atomic mass is 10.1. The largest absolute Gasteiger partial charge is 0.394 e. The molecule has 4 nitrogen and oxygen atoms in total. The second kappa shape index (κ2) is 4.50. The number of nitriles is 1. The van der Waals surface area contributed by atoms with Gasteiger partial charge < -0.3 is 10.0 Å². The van der Waals surface area contributed by atoms with Gasteiger partial charge in [0, 0.05) is 12.7 Å². The Bertz CT molecular complexity index is 421. The second-order valence-electron chi connectivity index (χ2n) is 4.50. The van der Waals surface area contributed by atoms with E-state index >= 15 is 0 Å². The van der Waals surface area contributed by atoms with Crippen LogP contribution in [0, 0.1) is 18.3 Å². The van der Waals surface area contributed by atoms with E-state index in [4.69, 9.17) is 5.26 Å². The lowest BCUT2D eigenvalue weighted by Crippen LogP contribution is -2.44. The number of aromatic nitrogens is 1. The molecule has 0 unspecified atom stereocenters. The van der Waals surface area contributed by atoms with E-state index in [0.29, 0.717) is 11.4 Å². The molecule has 0 fully saturated rings. The SMILES string of the molecule is Cc1cc(C#N)cc(N(C)C(C)(C)CO)n1. The summed E-state index contributed by atoms with van der Waals surface area (Å²) in [6.07, 6.45) is 0. The molecule has 0 atom stereocenters. The highest BCUT2D eigenvalue weighted by Gasteiger charge is 2.23. The van der Waals surface area contributed by atoms with E-state index in [9.17, 15) is 5.11 Å². The van der Waals surface area contributed by atoms with E-state index in [1.165, 1.54) is 0 Å². The highest BCUT2D eigenvalue weighted by Crippen LogP contribution is 2.21. The van der Waals surface area contributed by atoms with Gasteiger partial charge in [-0.2, -0.15) is 5.26 Å². The second-order valence-corrected chi connectivity index (χ2v) is 4.50. The Labute approximate surface area is 96.2 Å². The third-order valence-corrected chi connectivity index (χ3v) is 2.71. The van der Waals surface area contributed by atoms with Crippen molar-refractivity contribution >= 4 is 5.82 Å². The minimum Gasteiger partial charge on any atom is -0.394 e. The van der Waals surface area contributed by atoms with Gasteiger partial charge in [-0.15, -0.1) is 0 Å². The van der Waals surface area contributed by atoms with Crippen molar-refractivity contribution in [3.63, 3.8) is 0 Å². The Morgan fingerprint density at radius 2 is 2.12 bits per heavy atom. The average molecular weight is 219 g/mol. The standard InChI is InChI=1S/C12H17N3O/c1-9-5-10(7-13)6-11(14-9)15(4)12(2,3)8-16/h5-6,16H,8H2,1-4H3. The van der Waals surface area contributed by atoms with Gasteiger partial charge in [0.1, 0.15) is 5.82 Å². The molecule has 0 radical (unpaired) electrons. The predicted molar refractivity (Wildman–Crippen MR) is 63.3 cm³/mol. The summed E-state index contributed by atoms with van der Waals surface area (Å²) < 4.78 is 0. The third-order valence-electron chi connectivity index (χ3n) is 2.71. The molecule has 0 saturated carbocycles. The number of hydrogen-bond donors (Lipinski definition) is 1. The van der Waals surface area contributed by atoms with Gasteiger partial charge in [0.15, 0.2) is 0 Å². The predicted octanol–water partition coefficient (Wildman–Crippen LogP) is 1.47. The number of aryl methyl sites for hydroxylation is 1. The Kier molecular flexibility index (Phi) is 3.51. The molecule has 0 aliphatic rings. The fourth-order valence-corrected chi connectivity index (χ4v) is 1.30. The van der Waals surface area contributed by atoms with Crippen LogP contribution in [0.4, 0.5) is 5.82 Å². The molecule has 0 bridgehead atoms. The normalized spacial score (nSPS) is 11.0. The summed E-state index contributed by atoms with van der Waals surface area (Å²) in [6.45, 7) is 5.72. The average Bonchev–Trinajstić information content (AvgIpc) is 2.27. The summed E-state index contributed by atoms with van der Waals surface area (Å²) in [6, 6.07) is 5.57. The number of pyridine rings is 1. The lowest BCUT2D eigenvalue weighted by molar-refractivity contribution is 0.215. The first-order valence-electron chi connectivity index (χ1n) is 5.14. The Balaban J connectivity index is 3.14. The van der Waals surface area contributed by atoms with E-state index in [0.717, 1.165) is 5.69 Å². The van der Waals surface area contributed by atoms with Crippen molar-refractivity contribution in [2.24, 2.45) is 0 Å².